The molecule has 1 saturated heterocycles. The van der Waals surface area contributed by atoms with Gasteiger partial charge in [0.25, 0.3) is 0 Å². The highest BCUT2D eigenvalue weighted by Crippen LogP contribution is 2.29. The van der Waals surface area contributed by atoms with Crippen LogP contribution in [0.25, 0.3) is 11.2 Å². The molecular formula is C11H10ClN5O2. The SMILES string of the molecule is N#CC1(n2c(=O)[nH]c3cnc(Cl)nc32)CCOCC1. The number of aromatic nitrogens is 4. The summed E-state index contributed by atoms with van der Waals surface area (Å²) in [4.78, 5) is 22.6. The maximum absolute atomic E-state index is 12.1. The Labute approximate surface area is 112 Å². The number of hydrogen-bond donors (Lipinski definition) is 1. The Kier molecular flexibility index (Phi) is 2.77. The molecule has 0 bridgehead atoms. The lowest BCUT2D eigenvalue weighted by Gasteiger charge is -2.31. The van der Waals surface area contributed by atoms with Crippen LogP contribution in [-0.2, 0) is 10.3 Å². The standard InChI is InChI=1S/C11H10ClN5O2/c12-9-14-5-7-8(16-9)17(10(18)15-7)11(6-13)1-3-19-4-2-11/h5H,1-4H2,(H,15,18). The van der Waals surface area contributed by atoms with Crippen LogP contribution in [0.1, 0.15) is 12.8 Å². The molecule has 3 rings (SSSR count). The van der Waals surface area contributed by atoms with Gasteiger partial charge in [-0.05, 0) is 11.6 Å². The summed E-state index contributed by atoms with van der Waals surface area (Å²) in [5.41, 5.74) is -0.496. The van der Waals surface area contributed by atoms with Crippen molar-refractivity contribution in [2.45, 2.75) is 18.4 Å². The number of ether oxygens (including phenoxy) is 1. The molecule has 19 heavy (non-hydrogen) atoms. The number of rotatable bonds is 1. The zero-order valence-electron chi connectivity index (χ0n) is 9.89. The van der Waals surface area contributed by atoms with Crippen LogP contribution in [0.5, 0.6) is 0 Å². The van der Waals surface area contributed by atoms with Crippen molar-refractivity contribution in [1.82, 2.24) is 19.5 Å². The van der Waals surface area contributed by atoms with E-state index in [1.165, 1.54) is 10.8 Å². The Morgan fingerprint density at radius 2 is 2.26 bits per heavy atom. The molecule has 1 aliphatic heterocycles. The lowest BCUT2D eigenvalue weighted by molar-refractivity contribution is 0.0450. The second kappa shape index (κ2) is 4.33. The van der Waals surface area contributed by atoms with Crippen LogP contribution in [-0.4, -0.2) is 32.7 Å². The number of aromatic amines is 1. The van der Waals surface area contributed by atoms with Crippen LogP contribution in [0, 0.1) is 11.3 Å². The molecule has 0 aromatic carbocycles. The normalized spacial score (nSPS) is 18.3. The molecule has 0 spiro atoms. The van der Waals surface area contributed by atoms with E-state index in [0.717, 1.165) is 0 Å². The van der Waals surface area contributed by atoms with Gasteiger partial charge in [0.2, 0.25) is 5.28 Å². The van der Waals surface area contributed by atoms with Crippen LogP contribution in [0.4, 0.5) is 0 Å². The molecule has 2 aromatic heterocycles. The fourth-order valence-corrected chi connectivity index (χ4v) is 2.50. The van der Waals surface area contributed by atoms with Crippen LogP contribution in [0.2, 0.25) is 5.28 Å². The van der Waals surface area contributed by atoms with Gasteiger partial charge in [-0.15, -0.1) is 0 Å². The summed E-state index contributed by atoms with van der Waals surface area (Å²) in [5, 5.41) is 9.55. The summed E-state index contributed by atoms with van der Waals surface area (Å²) < 4.78 is 6.64. The van der Waals surface area contributed by atoms with Gasteiger partial charge in [0.15, 0.2) is 5.65 Å². The molecule has 0 saturated carbocycles. The Morgan fingerprint density at radius 3 is 2.95 bits per heavy atom. The topological polar surface area (TPSA) is 96.6 Å². The van der Waals surface area contributed by atoms with Crippen molar-refractivity contribution in [2.24, 2.45) is 0 Å². The van der Waals surface area contributed by atoms with Crippen molar-refractivity contribution in [2.75, 3.05) is 13.2 Å². The van der Waals surface area contributed by atoms with E-state index < -0.39 is 5.54 Å². The first-order chi connectivity index (χ1) is 9.16. The number of imidazole rings is 1. The van der Waals surface area contributed by atoms with Crippen molar-refractivity contribution in [3.63, 3.8) is 0 Å². The van der Waals surface area contributed by atoms with Crippen LogP contribution in [0.3, 0.4) is 0 Å². The zero-order valence-corrected chi connectivity index (χ0v) is 10.6. The number of nitrogens with zero attached hydrogens (tertiary/aromatic N) is 4. The second-order valence-corrected chi connectivity index (χ2v) is 4.74. The molecule has 1 N–H and O–H groups in total. The third kappa shape index (κ3) is 1.80. The lowest BCUT2D eigenvalue weighted by atomic mass is 9.91. The van der Waals surface area contributed by atoms with E-state index in [-0.39, 0.29) is 11.0 Å². The predicted octanol–water partition coefficient (Wildman–Crippen LogP) is 0.802. The number of fused-ring (bicyclic) bond motifs is 1. The highest BCUT2D eigenvalue weighted by molar-refractivity contribution is 6.28. The van der Waals surface area contributed by atoms with Crippen molar-refractivity contribution in [3.8, 4) is 6.07 Å². The van der Waals surface area contributed by atoms with Gasteiger partial charge in [-0.25, -0.2) is 9.78 Å². The largest absolute Gasteiger partial charge is 0.381 e. The number of nitrogens with one attached hydrogen (secondary N) is 1. The molecule has 7 nitrogen and oxygen atoms in total. The first-order valence-electron chi connectivity index (χ1n) is 5.79. The molecule has 2 aromatic rings. The van der Waals surface area contributed by atoms with E-state index in [1.807, 2.05) is 0 Å². The quantitative estimate of drug-likeness (QED) is 0.779. The maximum atomic E-state index is 12.1. The first kappa shape index (κ1) is 12.1. The monoisotopic (exact) mass is 279 g/mol. The van der Waals surface area contributed by atoms with E-state index in [1.54, 1.807) is 0 Å². The predicted molar refractivity (Wildman–Crippen MR) is 66.8 cm³/mol. The summed E-state index contributed by atoms with van der Waals surface area (Å²) in [6.07, 6.45) is 2.32. The zero-order chi connectivity index (χ0) is 13.5. The lowest BCUT2D eigenvalue weighted by Crippen LogP contribution is -2.43. The van der Waals surface area contributed by atoms with E-state index >= 15 is 0 Å². The molecule has 0 amide bonds. The molecule has 3 heterocycles. The van der Waals surface area contributed by atoms with Crippen molar-refractivity contribution >= 4 is 22.8 Å². The molecule has 1 aliphatic rings. The van der Waals surface area contributed by atoms with Gasteiger partial charge in [0.1, 0.15) is 11.1 Å². The van der Waals surface area contributed by atoms with E-state index in [4.69, 9.17) is 16.3 Å². The van der Waals surface area contributed by atoms with E-state index in [9.17, 15) is 10.1 Å². The molecule has 0 aliphatic carbocycles. The molecule has 98 valence electrons. The Morgan fingerprint density at radius 1 is 1.53 bits per heavy atom. The van der Waals surface area contributed by atoms with Crippen LogP contribution < -0.4 is 5.69 Å². The van der Waals surface area contributed by atoms with Crippen molar-refractivity contribution < 1.29 is 4.74 Å². The average Bonchev–Trinajstić information content (AvgIpc) is 2.75. The Hall–Kier alpha value is -1.91. The third-order valence-electron chi connectivity index (χ3n) is 3.35. The first-order valence-corrected chi connectivity index (χ1v) is 6.17. The number of nitriles is 1. The summed E-state index contributed by atoms with van der Waals surface area (Å²) in [6.45, 7) is 0.872. The minimum absolute atomic E-state index is 0.0420. The smallest absolute Gasteiger partial charge is 0.329 e. The Balaban J connectivity index is 2.29. The van der Waals surface area contributed by atoms with Crippen LogP contribution in [0.15, 0.2) is 11.0 Å². The van der Waals surface area contributed by atoms with Gasteiger partial charge in [-0.3, -0.25) is 4.57 Å². The second-order valence-electron chi connectivity index (χ2n) is 4.40. The molecule has 0 radical (unpaired) electrons. The van der Waals surface area contributed by atoms with E-state index in [2.05, 4.69) is 21.0 Å². The number of hydrogen-bond acceptors (Lipinski definition) is 5. The molecular weight excluding hydrogens is 270 g/mol. The summed E-state index contributed by atoms with van der Waals surface area (Å²) >= 11 is 5.77. The number of halogens is 1. The summed E-state index contributed by atoms with van der Waals surface area (Å²) in [7, 11) is 0. The Bertz CT molecular complexity index is 723. The minimum Gasteiger partial charge on any atom is -0.381 e. The molecule has 1 fully saturated rings. The van der Waals surface area contributed by atoms with Gasteiger partial charge in [-0.2, -0.15) is 10.2 Å². The van der Waals surface area contributed by atoms with Crippen LogP contribution >= 0.6 is 11.6 Å². The van der Waals surface area contributed by atoms with Gasteiger partial charge < -0.3 is 9.72 Å². The van der Waals surface area contributed by atoms with Gasteiger partial charge in [-0.1, -0.05) is 0 Å². The molecule has 8 heteroatoms. The van der Waals surface area contributed by atoms with Gasteiger partial charge >= 0.3 is 5.69 Å². The van der Waals surface area contributed by atoms with Crippen molar-refractivity contribution in [1.29, 1.82) is 5.26 Å². The highest BCUT2D eigenvalue weighted by Gasteiger charge is 2.38. The summed E-state index contributed by atoms with van der Waals surface area (Å²) in [6, 6.07) is 2.23. The minimum atomic E-state index is -0.939. The average molecular weight is 280 g/mol. The van der Waals surface area contributed by atoms with Crippen molar-refractivity contribution in [3.05, 3.63) is 22.0 Å². The third-order valence-corrected chi connectivity index (χ3v) is 3.53. The number of H-pyrrole nitrogens is 1. The van der Waals surface area contributed by atoms with Gasteiger partial charge in [0.05, 0.1) is 12.3 Å². The van der Waals surface area contributed by atoms with Gasteiger partial charge in [0, 0.05) is 26.1 Å². The van der Waals surface area contributed by atoms with E-state index in [0.29, 0.717) is 37.2 Å². The molecule has 0 atom stereocenters. The molecule has 0 unspecified atom stereocenters. The fraction of sp³-hybridized carbons (Fsp3) is 0.455. The summed E-state index contributed by atoms with van der Waals surface area (Å²) in [5.74, 6) is 0. The fourth-order valence-electron chi connectivity index (χ4n) is 2.37. The highest BCUT2D eigenvalue weighted by atomic mass is 35.5. The maximum Gasteiger partial charge on any atom is 0.329 e.